The van der Waals surface area contributed by atoms with Crippen molar-refractivity contribution in [1.82, 2.24) is 4.98 Å². The molecule has 0 bridgehead atoms. The van der Waals surface area contributed by atoms with Gasteiger partial charge in [-0.25, -0.2) is 9.37 Å². The van der Waals surface area contributed by atoms with E-state index in [0.29, 0.717) is 5.56 Å². The number of nitro groups is 1. The number of hydrogen-bond donors (Lipinski definition) is 3. The van der Waals surface area contributed by atoms with Gasteiger partial charge in [-0.2, -0.15) is 0 Å². The predicted molar refractivity (Wildman–Crippen MR) is 81.8 cm³/mol. The Kier molecular flexibility index (Phi) is 5.43. The van der Waals surface area contributed by atoms with Gasteiger partial charge in [-0.05, 0) is 23.8 Å². The third kappa shape index (κ3) is 4.13. The lowest BCUT2D eigenvalue weighted by Crippen LogP contribution is -2.32. The molecule has 0 aliphatic carbocycles. The SMILES string of the molecule is O=[N+]([O-])c1ccc([C@@H](O)[C@H](CO)Nc2ncc(Cl)cc2F)cc1. The molecule has 122 valence electrons. The highest BCUT2D eigenvalue weighted by molar-refractivity contribution is 6.30. The van der Waals surface area contributed by atoms with Gasteiger partial charge in [0.25, 0.3) is 5.69 Å². The Morgan fingerprint density at radius 2 is 2.04 bits per heavy atom. The Labute approximate surface area is 135 Å². The number of non-ortho nitro benzene ring substituents is 1. The van der Waals surface area contributed by atoms with Gasteiger partial charge in [-0.15, -0.1) is 0 Å². The van der Waals surface area contributed by atoms with E-state index in [1.54, 1.807) is 0 Å². The Hall–Kier alpha value is -2.29. The van der Waals surface area contributed by atoms with Crippen LogP contribution in [0.25, 0.3) is 0 Å². The molecule has 0 radical (unpaired) electrons. The Morgan fingerprint density at radius 1 is 1.39 bits per heavy atom. The van der Waals surface area contributed by atoms with Crippen LogP contribution in [-0.4, -0.2) is 32.8 Å². The normalized spacial score (nSPS) is 13.4. The first-order valence-electron chi connectivity index (χ1n) is 6.53. The fourth-order valence-electron chi connectivity index (χ4n) is 1.95. The summed E-state index contributed by atoms with van der Waals surface area (Å²) in [6.07, 6.45) is -0.00248. The molecule has 2 aromatic rings. The third-order valence-corrected chi connectivity index (χ3v) is 3.36. The van der Waals surface area contributed by atoms with Crippen molar-refractivity contribution in [2.24, 2.45) is 0 Å². The maximum atomic E-state index is 13.7. The maximum Gasteiger partial charge on any atom is 0.269 e. The molecule has 2 atom stereocenters. The highest BCUT2D eigenvalue weighted by Gasteiger charge is 2.22. The molecule has 1 aromatic carbocycles. The third-order valence-electron chi connectivity index (χ3n) is 3.15. The number of rotatable bonds is 6. The fraction of sp³-hybridized carbons (Fsp3) is 0.214. The van der Waals surface area contributed by atoms with Crippen LogP contribution < -0.4 is 5.32 Å². The van der Waals surface area contributed by atoms with E-state index in [2.05, 4.69) is 10.3 Å². The molecular formula is C14H13ClFN3O4. The van der Waals surface area contributed by atoms with E-state index in [1.165, 1.54) is 30.5 Å². The highest BCUT2D eigenvalue weighted by Crippen LogP contribution is 2.23. The number of aliphatic hydroxyl groups is 2. The molecule has 0 saturated carbocycles. The number of anilines is 1. The van der Waals surface area contributed by atoms with Crippen LogP contribution in [0.1, 0.15) is 11.7 Å². The quantitative estimate of drug-likeness (QED) is 0.549. The number of benzene rings is 1. The molecule has 7 nitrogen and oxygen atoms in total. The molecule has 0 saturated heterocycles. The number of aromatic nitrogens is 1. The fourth-order valence-corrected chi connectivity index (χ4v) is 2.09. The lowest BCUT2D eigenvalue weighted by Gasteiger charge is -2.23. The van der Waals surface area contributed by atoms with Gasteiger partial charge >= 0.3 is 0 Å². The first-order valence-corrected chi connectivity index (χ1v) is 6.91. The number of nitrogens with one attached hydrogen (secondary N) is 1. The first kappa shape index (κ1) is 17.1. The summed E-state index contributed by atoms with van der Waals surface area (Å²) in [6, 6.07) is 5.27. The minimum Gasteiger partial charge on any atom is -0.394 e. The van der Waals surface area contributed by atoms with Crippen molar-refractivity contribution < 1.29 is 19.5 Å². The van der Waals surface area contributed by atoms with Crippen LogP contribution >= 0.6 is 11.6 Å². The van der Waals surface area contributed by atoms with Crippen molar-refractivity contribution in [3.05, 3.63) is 63.0 Å². The van der Waals surface area contributed by atoms with E-state index in [0.717, 1.165) is 6.07 Å². The zero-order chi connectivity index (χ0) is 17.0. The minimum absolute atomic E-state index is 0.115. The minimum atomic E-state index is -1.22. The number of halogens is 2. The number of nitrogens with zero attached hydrogens (tertiary/aromatic N) is 2. The predicted octanol–water partition coefficient (Wildman–Crippen LogP) is 2.29. The lowest BCUT2D eigenvalue weighted by atomic mass is 10.0. The van der Waals surface area contributed by atoms with Gasteiger partial charge in [0.15, 0.2) is 11.6 Å². The molecule has 9 heteroatoms. The van der Waals surface area contributed by atoms with Crippen LogP contribution in [0.4, 0.5) is 15.9 Å². The molecule has 2 rings (SSSR count). The topological polar surface area (TPSA) is 109 Å². The second kappa shape index (κ2) is 7.32. The summed E-state index contributed by atoms with van der Waals surface area (Å²) in [5.74, 6) is -0.902. The monoisotopic (exact) mass is 341 g/mol. The molecule has 1 aromatic heterocycles. The van der Waals surface area contributed by atoms with Gasteiger partial charge in [0.2, 0.25) is 0 Å². The molecule has 0 aliphatic heterocycles. The summed E-state index contributed by atoms with van der Waals surface area (Å²) in [7, 11) is 0. The zero-order valence-corrected chi connectivity index (χ0v) is 12.4. The number of hydrogen-bond acceptors (Lipinski definition) is 6. The van der Waals surface area contributed by atoms with Crippen LogP contribution in [0.15, 0.2) is 36.5 Å². The van der Waals surface area contributed by atoms with Gasteiger partial charge in [-0.1, -0.05) is 11.6 Å². The van der Waals surface area contributed by atoms with Crippen LogP contribution in [-0.2, 0) is 0 Å². The van der Waals surface area contributed by atoms with Crippen molar-refractivity contribution in [2.45, 2.75) is 12.1 Å². The summed E-state index contributed by atoms with van der Waals surface area (Å²) < 4.78 is 13.7. The Bertz CT molecular complexity index is 699. The largest absolute Gasteiger partial charge is 0.394 e. The summed E-state index contributed by atoms with van der Waals surface area (Å²) in [4.78, 5) is 13.8. The van der Waals surface area contributed by atoms with Crippen molar-refractivity contribution in [3.63, 3.8) is 0 Å². The number of pyridine rings is 1. The standard InChI is InChI=1S/C14H13ClFN3O4/c15-9-5-11(16)14(17-6-9)18-12(7-20)13(21)8-1-3-10(4-2-8)19(22)23/h1-6,12-13,20-21H,7H2,(H,17,18)/t12-,13+/m0/s1. The maximum absolute atomic E-state index is 13.7. The molecule has 0 amide bonds. The van der Waals surface area contributed by atoms with E-state index in [1.807, 2.05) is 0 Å². The van der Waals surface area contributed by atoms with Gasteiger partial charge < -0.3 is 15.5 Å². The number of aliphatic hydroxyl groups excluding tert-OH is 2. The van der Waals surface area contributed by atoms with E-state index in [4.69, 9.17) is 11.6 Å². The average Bonchev–Trinajstić information content (AvgIpc) is 2.53. The van der Waals surface area contributed by atoms with E-state index >= 15 is 0 Å². The molecule has 0 aliphatic rings. The van der Waals surface area contributed by atoms with Crippen LogP contribution in [0, 0.1) is 15.9 Å². The van der Waals surface area contributed by atoms with Gasteiger partial charge in [0, 0.05) is 18.3 Å². The van der Waals surface area contributed by atoms with Crippen LogP contribution in [0.2, 0.25) is 5.02 Å². The summed E-state index contributed by atoms with van der Waals surface area (Å²) in [5.41, 5.74) is 0.205. The van der Waals surface area contributed by atoms with E-state index in [9.17, 15) is 24.7 Å². The second-order valence-corrected chi connectivity index (χ2v) is 5.15. The molecule has 0 unspecified atom stereocenters. The van der Waals surface area contributed by atoms with Crippen molar-refractivity contribution >= 4 is 23.1 Å². The first-order chi connectivity index (χ1) is 10.9. The van der Waals surface area contributed by atoms with Gasteiger partial charge in [-0.3, -0.25) is 10.1 Å². The second-order valence-electron chi connectivity index (χ2n) is 4.71. The Balaban J connectivity index is 2.17. The summed E-state index contributed by atoms with van der Waals surface area (Å²) >= 11 is 5.60. The van der Waals surface area contributed by atoms with Crippen molar-refractivity contribution in [3.8, 4) is 0 Å². The van der Waals surface area contributed by atoms with Gasteiger partial charge in [0.1, 0.15) is 6.10 Å². The van der Waals surface area contributed by atoms with Crippen molar-refractivity contribution in [1.29, 1.82) is 0 Å². The van der Waals surface area contributed by atoms with Crippen molar-refractivity contribution in [2.75, 3.05) is 11.9 Å². The molecule has 3 N–H and O–H groups in total. The van der Waals surface area contributed by atoms with Crippen LogP contribution in [0.5, 0.6) is 0 Å². The summed E-state index contributed by atoms with van der Waals surface area (Å²) in [5, 5.41) is 33.0. The van der Waals surface area contributed by atoms with E-state index < -0.39 is 29.5 Å². The summed E-state index contributed by atoms with van der Waals surface area (Å²) in [6.45, 7) is -0.512. The lowest BCUT2D eigenvalue weighted by molar-refractivity contribution is -0.384. The smallest absolute Gasteiger partial charge is 0.269 e. The van der Waals surface area contributed by atoms with Crippen LogP contribution in [0.3, 0.4) is 0 Å². The molecule has 23 heavy (non-hydrogen) atoms. The Morgan fingerprint density at radius 3 is 2.57 bits per heavy atom. The zero-order valence-electron chi connectivity index (χ0n) is 11.7. The number of nitro benzene ring substituents is 1. The van der Waals surface area contributed by atoms with Gasteiger partial charge in [0.05, 0.1) is 22.6 Å². The molecule has 0 fully saturated rings. The molecule has 1 heterocycles. The van der Waals surface area contributed by atoms with E-state index in [-0.39, 0.29) is 16.5 Å². The molecule has 0 spiro atoms. The average molecular weight is 342 g/mol. The highest BCUT2D eigenvalue weighted by atomic mass is 35.5. The molecular weight excluding hydrogens is 329 g/mol.